The number of methoxy groups -OCH3 is 1. The Bertz CT molecular complexity index is 1490. The second kappa shape index (κ2) is 11.4. The number of phenolic OH excluding ortho intramolecular Hbond substituents is 1. The van der Waals surface area contributed by atoms with E-state index in [4.69, 9.17) is 9.47 Å². The van der Waals surface area contributed by atoms with Crippen LogP contribution in [0.25, 0.3) is 6.08 Å². The van der Waals surface area contributed by atoms with E-state index in [1.807, 2.05) is 0 Å². The summed E-state index contributed by atoms with van der Waals surface area (Å²) in [4.78, 5) is 26.3. The lowest BCUT2D eigenvalue weighted by molar-refractivity contribution is -0.237. The molecular formula is C40H56O7. The second-order valence-electron chi connectivity index (χ2n) is 17.3. The summed E-state index contributed by atoms with van der Waals surface area (Å²) in [5.41, 5.74) is 0.618. The molecule has 7 nitrogen and oxygen atoms in total. The van der Waals surface area contributed by atoms with Crippen LogP contribution in [0.1, 0.15) is 105 Å². The first kappa shape index (κ1) is 34.1. The van der Waals surface area contributed by atoms with Crippen molar-refractivity contribution in [1.82, 2.24) is 0 Å². The van der Waals surface area contributed by atoms with Gasteiger partial charge in [-0.3, -0.25) is 4.79 Å². The highest BCUT2D eigenvalue weighted by molar-refractivity contribution is 5.87. The van der Waals surface area contributed by atoms with E-state index in [0.29, 0.717) is 35.5 Å². The van der Waals surface area contributed by atoms with E-state index < -0.39 is 35.0 Å². The number of phenols is 1. The summed E-state index contributed by atoms with van der Waals surface area (Å²) in [6, 6.07) is 4.87. The number of carboxylic acids is 1. The van der Waals surface area contributed by atoms with Crippen molar-refractivity contribution in [3.05, 3.63) is 41.5 Å². The molecule has 0 spiro atoms. The maximum absolute atomic E-state index is 13.2. The zero-order chi connectivity index (χ0) is 34.3. The standard InChI is InChI=1S/C40H56O7/c1-23-15-18-40(35(44)45)20-19-38(6)26(33(40)24(23)2)11-13-31-37(5)22-29(34(43)36(3,4)30(37)16-17-39(31,38)7)47-32(42)14-10-25-9-12-27(41)28(21-25)46-8/h9-12,14,21,23-24,29-31,33-34,41,43H,13,15-20,22H2,1-8H3,(H,44,45). The molecule has 0 bridgehead atoms. The Kier molecular flexibility index (Phi) is 8.26. The number of aromatic hydroxyl groups is 1. The van der Waals surface area contributed by atoms with E-state index in [0.717, 1.165) is 44.9 Å². The highest BCUT2D eigenvalue weighted by atomic mass is 16.6. The maximum Gasteiger partial charge on any atom is 0.331 e. The van der Waals surface area contributed by atoms with Gasteiger partial charge in [0.1, 0.15) is 6.10 Å². The van der Waals surface area contributed by atoms with E-state index in [1.165, 1.54) is 24.8 Å². The van der Waals surface area contributed by atoms with Crippen LogP contribution in [0.5, 0.6) is 11.5 Å². The molecule has 0 amide bonds. The molecule has 4 fully saturated rings. The van der Waals surface area contributed by atoms with Crippen molar-refractivity contribution in [2.24, 2.45) is 56.7 Å². The molecule has 6 rings (SSSR count). The number of rotatable bonds is 5. The van der Waals surface area contributed by atoms with Crippen LogP contribution in [0.3, 0.4) is 0 Å². The average Bonchev–Trinajstić information content (AvgIpc) is 3.01. The fraction of sp³-hybridized carbons (Fsp3) is 0.700. The number of fused-ring (bicyclic) bond motifs is 7. The number of carbonyl (C=O) groups is 2. The number of aliphatic hydroxyl groups is 1. The molecule has 0 aliphatic heterocycles. The number of hydrogen-bond donors (Lipinski definition) is 3. The van der Waals surface area contributed by atoms with Crippen molar-refractivity contribution in [2.75, 3.05) is 7.11 Å². The summed E-state index contributed by atoms with van der Waals surface area (Å²) >= 11 is 0. The third-order valence-electron chi connectivity index (χ3n) is 15.2. The Balaban J connectivity index is 1.32. The van der Waals surface area contributed by atoms with Crippen LogP contribution in [0.2, 0.25) is 0 Å². The number of aliphatic hydroxyl groups excluding tert-OH is 1. The van der Waals surface area contributed by atoms with Crippen molar-refractivity contribution in [3.63, 3.8) is 0 Å². The van der Waals surface area contributed by atoms with Gasteiger partial charge in [-0.1, -0.05) is 66.2 Å². The van der Waals surface area contributed by atoms with Crippen molar-refractivity contribution in [2.45, 2.75) is 112 Å². The van der Waals surface area contributed by atoms with E-state index in [9.17, 15) is 24.9 Å². The quantitative estimate of drug-likeness (QED) is 0.168. The number of ether oxygens (including phenoxy) is 2. The molecule has 5 aliphatic rings. The second-order valence-corrected chi connectivity index (χ2v) is 17.3. The summed E-state index contributed by atoms with van der Waals surface area (Å²) in [5.74, 6) is 0.670. The summed E-state index contributed by atoms with van der Waals surface area (Å²) in [5, 5.41) is 32.4. The molecule has 4 saturated carbocycles. The minimum atomic E-state index is -0.795. The van der Waals surface area contributed by atoms with E-state index in [1.54, 1.807) is 18.2 Å². The van der Waals surface area contributed by atoms with Gasteiger partial charge in [-0.25, -0.2) is 4.79 Å². The predicted octanol–water partition coefficient (Wildman–Crippen LogP) is 8.04. The van der Waals surface area contributed by atoms with Gasteiger partial charge >= 0.3 is 11.9 Å². The van der Waals surface area contributed by atoms with Crippen LogP contribution in [-0.4, -0.2) is 46.6 Å². The van der Waals surface area contributed by atoms with E-state index in [-0.39, 0.29) is 33.8 Å². The van der Waals surface area contributed by atoms with Crippen LogP contribution in [0.15, 0.2) is 35.9 Å². The van der Waals surface area contributed by atoms with Gasteiger partial charge in [-0.15, -0.1) is 0 Å². The van der Waals surface area contributed by atoms with Gasteiger partial charge < -0.3 is 24.8 Å². The molecule has 1 aromatic rings. The largest absolute Gasteiger partial charge is 0.504 e. The molecule has 0 heterocycles. The van der Waals surface area contributed by atoms with E-state index >= 15 is 0 Å². The summed E-state index contributed by atoms with van der Waals surface area (Å²) in [6.45, 7) is 16.2. The molecule has 7 heteroatoms. The smallest absolute Gasteiger partial charge is 0.331 e. The number of esters is 1. The lowest BCUT2D eigenvalue weighted by atomic mass is 9.33. The maximum atomic E-state index is 13.2. The Morgan fingerprint density at radius 2 is 1.70 bits per heavy atom. The highest BCUT2D eigenvalue weighted by Gasteiger charge is 2.70. The van der Waals surface area contributed by atoms with Crippen LogP contribution < -0.4 is 4.74 Å². The Hall–Kier alpha value is -2.80. The van der Waals surface area contributed by atoms with Crippen molar-refractivity contribution in [1.29, 1.82) is 0 Å². The molecule has 0 aromatic heterocycles. The van der Waals surface area contributed by atoms with Gasteiger partial charge in [-0.2, -0.15) is 0 Å². The summed E-state index contributed by atoms with van der Waals surface area (Å²) < 4.78 is 11.3. The third-order valence-corrected chi connectivity index (χ3v) is 15.2. The first-order valence-electron chi connectivity index (χ1n) is 17.8. The monoisotopic (exact) mass is 648 g/mol. The minimum absolute atomic E-state index is 0.0258. The first-order valence-corrected chi connectivity index (χ1v) is 17.8. The normalized spacial score (nSPS) is 43.9. The fourth-order valence-corrected chi connectivity index (χ4v) is 12.2. The molecule has 1 aromatic carbocycles. The zero-order valence-corrected chi connectivity index (χ0v) is 29.6. The number of benzene rings is 1. The van der Waals surface area contributed by atoms with Gasteiger partial charge in [0.2, 0.25) is 0 Å². The van der Waals surface area contributed by atoms with E-state index in [2.05, 4.69) is 54.5 Å². The molecule has 11 unspecified atom stereocenters. The van der Waals surface area contributed by atoms with Gasteiger partial charge in [0.15, 0.2) is 11.5 Å². The summed E-state index contributed by atoms with van der Waals surface area (Å²) in [7, 11) is 1.48. The van der Waals surface area contributed by atoms with Crippen molar-refractivity contribution < 1.29 is 34.4 Å². The molecule has 47 heavy (non-hydrogen) atoms. The Morgan fingerprint density at radius 1 is 0.979 bits per heavy atom. The van der Waals surface area contributed by atoms with Gasteiger partial charge in [0.05, 0.1) is 18.6 Å². The van der Waals surface area contributed by atoms with Crippen LogP contribution >= 0.6 is 0 Å². The number of allylic oxidation sites excluding steroid dienone is 2. The fourth-order valence-electron chi connectivity index (χ4n) is 12.2. The Morgan fingerprint density at radius 3 is 2.38 bits per heavy atom. The van der Waals surface area contributed by atoms with Crippen LogP contribution in [0.4, 0.5) is 0 Å². The SMILES string of the molecule is COc1cc(C=CC(=O)OC2CC3(C)C(CCC4(C)C3CC=C3C5C(C)C(C)CCC5(C(=O)O)CCC34C)C(C)(C)C2O)ccc1O. The zero-order valence-electron chi connectivity index (χ0n) is 29.6. The topological polar surface area (TPSA) is 113 Å². The molecule has 3 N–H and O–H groups in total. The average molecular weight is 649 g/mol. The minimum Gasteiger partial charge on any atom is -0.504 e. The predicted molar refractivity (Wildman–Crippen MR) is 182 cm³/mol. The van der Waals surface area contributed by atoms with Gasteiger partial charge in [0.25, 0.3) is 0 Å². The number of carboxylic acid groups (broad SMARTS) is 1. The van der Waals surface area contributed by atoms with Crippen molar-refractivity contribution >= 4 is 18.0 Å². The first-order chi connectivity index (χ1) is 22.0. The number of aliphatic carboxylic acids is 1. The Labute approximate surface area is 280 Å². The molecule has 5 aliphatic carbocycles. The van der Waals surface area contributed by atoms with Gasteiger partial charge in [-0.05, 0) is 126 Å². The lowest BCUT2D eigenvalue weighted by Crippen LogP contribution is -2.67. The molecule has 258 valence electrons. The molecule has 11 atom stereocenters. The summed E-state index contributed by atoms with van der Waals surface area (Å²) in [6.07, 6.45) is 10.9. The van der Waals surface area contributed by atoms with Crippen LogP contribution in [0, 0.1) is 56.7 Å². The highest BCUT2D eigenvalue weighted by Crippen LogP contribution is 2.75. The molecule has 0 radical (unpaired) electrons. The molecule has 0 saturated heterocycles. The van der Waals surface area contributed by atoms with Gasteiger partial charge in [0, 0.05) is 6.08 Å². The number of carbonyl (C=O) groups excluding carboxylic acids is 1. The molecular weight excluding hydrogens is 592 g/mol. The number of hydrogen-bond acceptors (Lipinski definition) is 6. The van der Waals surface area contributed by atoms with Crippen molar-refractivity contribution in [3.8, 4) is 11.5 Å². The van der Waals surface area contributed by atoms with Crippen LogP contribution in [-0.2, 0) is 14.3 Å². The third kappa shape index (κ3) is 4.83. The lowest BCUT2D eigenvalue weighted by Gasteiger charge is -2.71.